The lowest BCUT2D eigenvalue weighted by molar-refractivity contribution is 0.399. The van der Waals surface area contributed by atoms with E-state index in [0.717, 1.165) is 13.7 Å². The molecule has 1 saturated heterocycles. The molecule has 0 aromatic carbocycles. The Morgan fingerprint density at radius 1 is 1.30 bits per heavy atom. The summed E-state index contributed by atoms with van der Waals surface area (Å²) in [5.41, 5.74) is 4.50. The van der Waals surface area contributed by atoms with E-state index >= 15 is 0 Å². The maximum atomic E-state index is 7.00. The number of nitrogens with two attached hydrogens (primary N) is 1. The highest BCUT2D eigenvalue weighted by atomic mass is 16.6. The topological polar surface area (TPSA) is 58.8 Å². The Bertz CT molecular complexity index is 30.8. The summed E-state index contributed by atoms with van der Waals surface area (Å²) in [5.74, 6) is 0. The van der Waals surface area contributed by atoms with E-state index in [2.05, 4.69) is 12.7 Å². The van der Waals surface area contributed by atoms with E-state index < -0.39 is 0 Å². The van der Waals surface area contributed by atoms with Gasteiger partial charge in [0.25, 0.3) is 0 Å². The lowest BCUT2D eigenvalue weighted by Crippen LogP contribution is -1.69. The molecule has 3 heteroatoms. The number of aliphatic hydroxyl groups excluding tert-OH is 1. The molecule has 0 bridgehead atoms. The van der Waals surface area contributed by atoms with Gasteiger partial charge in [0.15, 0.2) is 0 Å². The van der Waals surface area contributed by atoms with E-state index in [1.165, 1.54) is 7.05 Å². The van der Waals surface area contributed by atoms with Crippen molar-refractivity contribution in [3.05, 3.63) is 0 Å². The molecule has 3 N–H and O–H groups in total. The quantitative estimate of drug-likeness (QED) is 0.507. The van der Waals surface area contributed by atoms with Crippen LogP contribution in [0.25, 0.3) is 0 Å². The molecule has 10 heavy (non-hydrogen) atoms. The second kappa shape index (κ2) is 23.2. The fourth-order valence-electron chi connectivity index (χ4n) is 0.0962. The lowest BCUT2D eigenvalue weighted by atomic mass is 10.6. The molecule has 0 radical (unpaired) electrons. The summed E-state index contributed by atoms with van der Waals surface area (Å²) >= 11 is 0. The van der Waals surface area contributed by atoms with Crippen molar-refractivity contribution in [2.24, 2.45) is 5.73 Å². The smallest absolute Gasteiger partial charge is 0.0781 e. The molecular weight excluding hydrogens is 130 g/mol. The van der Waals surface area contributed by atoms with Crippen LogP contribution >= 0.6 is 0 Å². The fourth-order valence-corrected chi connectivity index (χ4v) is 0.0962. The summed E-state index contributed by atoms with van der Waals surface area (Å²) in [6, 6.07) is 0. The van der Waals surface area contributed by atoms with Crippen LogP contribution in [0.2, 0.25) is 0 Å². The molecule has 1 atom stereocenters. The normalized spacial score (nSPS) is 17.1. The largest absolute Gasteiger partial charge is 0.400 e. The van der Waals surface area contributed by atoms with Crippen LogP contribution in [0, 0.1) is 0 Å². The van der Waals surface area contributed by atoms with Gasteiger partial charge in [0.05, 0.1) is 12.7 Å². The molecule has 1 fully saturated rings. The molecule has 1 rings (SSSR count). The minimum atomic E-state index is 0. The highest BCUT2D eigenvalue weighted by Gasteiger charge is 2.13. The molecule has 1 aliphatic rings. The third kappa shape index (κ3) is 45.0. The molecule has 0 saturated carbocycles. The van der Waals surface area contributed by atoms with Gasteiger partial charge in [-0.1, -0.05) is 14.9 Å². The predicted molar refractivity (Wildman–Crippen MR) is 47.1 cm³/mol. The van der Waals surface area contributed by atoms with Crippen molar-refractivity contribution in [1.82, 2.24) is 0 Å². The zero-order valence-corrected chi connectivity index (χ0v) is 5.72. The van der Waals surface area contributed by atoms with Crippen LogP contribution in [0.4, 0.5) is 0 Å². The van der Waals surface area contributed by atoms with Crippen molar-refractivity contribution in [3.8, 4) is 0 Å². The van der Waals surface area contributed by atoms with E-state index in [4.69, 9.17) is 9.84 Å². The fraction of sp³-hybridized carbons (Fsp3) is 1.00. The Morgan fingerprint density at radius 3 is 1.40 bits per heavy atom. The molecule has 0 spiro atoms. The highest BCUT2D eigenvalue weighted by molar-refractivity contribution is 4.58. The number of aliphatic hydroxyl groups is 1. The third-order valence-corrected chi connectivity index (χ3v) is 0.500. The van der Waals surface area contributed by atoms with Crippen LogP contribution in [0.1, 0.15) is 21.8 Å². The van der Waals surface area contributed by atoms with Crippen LogP contribution in [0.3, 0.4) is 0 Å². The number of epoxide rings is 1. The Hall–Kier alpha value is -0.120. The number of rotatable bonds is 0. The van der Waals surface area contributed by atoms with Gasteiger partial charge in [0.2, 0.25) is 0 Å². The van der Waals surface area contributed by atoms with Crippen molar-refractivity contribution in [2.45, 2.75) is 27.9 Å². The molecule has 0 aromatic heterocycles. The summed E-state index contributed by atoms with van der Waals surface area (Å²) in [5, 5.41) is 7.00. The SMILES string of the molecule is C.C.CC1CO1.CN.CO. The number of hydrogen-bond acceptors (Lipinski definition) is 3. The minimum absolute atomic E-state index is 0. The number of ether oxygens (including phenoxy) is 1. The molecule has 0 aliphatic carbocycles. The molecular formula is C7H23NO2. The van der Waals surface area contributed by atoms with Crippen molar-refractivity contribution in [1.29, 1.82) is 0 Å². The minimum Gasteiger partial charge on any atom is -0.400 e. The van der Waals surface area contributed by atoms with Crippen LogP contribution in [0.15, 0.2) is 0 Å². The maximum absolute atomic E-state index is 7.00. The van der Waals surface area contributed by atoms with Gasteiger partial charge in [0.1, 0.15) is 0 Å². The average Bonchev–Trinajstić information content (AvgIpc) is 2.62. The monoisotopic (exact) mass is 153 g/mol. The van der Waals surface area contributed by atoms with Crippen LogP contribution in [-0.4, -0.2) is 32.0 Å². The molecule has 1 unspecified atom stereocenters. The van der Waals surface area contributed by atoms with Gasteiger partial charge in [-0.05, 0) is 14.0 Å². The summed E-state index contributed by atoms with van der Waals surface area (Å²) in [7, 11) is 2.50. The Labute approximate surface area is 65.2 Å². The first-order chi connectivity index (χ1) is 3.89. The molecule has 3 nitrogen and oxygen atoms in total. The van der Waals surface area contributed by atoms with Gasteiger partial charge in [-0.25, -0.2) is 0 Å². The summed E-state index contributed by atoms with van der Waals surface area (Å²) in [6.45, 7) is 3.04. The predicted octanol–water partition coefficient (Wildman–Crippen LogP) is 0.861. The Morgan fingerprint density at radius 2 is 1.40 bits per heavy atom. The Balaban J connectivity index is -0.0000000275. The van der Waals surface area contributed by atoms with Gasteiger partial charge >= 0.3 is 0 Å². The number of hydrogen-bond donors (Lipinski definition) is 2. The summed E-state index contributed by atoms with van der Waals surface area (Å²) in [4.78, 5) is 0. The molecule has 0 aromatic rings. The van der Waals surface area contributed by atoms with Crippen molar-refractivity contribution in [2.75, 3.05) is 20.8 Å². The van der Waals surface area contributed by atoms with Gasteiger partial charge in [-0.3, -0.25) is 0 Å². The van der Waals surface area contributed by atoms with E-state index in [1.54, 1.807) is 0 Å². The molecule has 1 heterocycles. The van der Waals surface area contributed by atoms with Gasteiger partial charge in [-0.2, -0.15) is 0 Å². The second-order valence-electron chi connectivity index (χ2n) is 1.14. The van der Waals surface area contributed by atoms with Gasteiger partial charge in [-0.15, -0.1) is 0 Å². The molecule has 0 amide bonds. The van der Waals surface area contributed by atoms with E-state index in [0.29, 0.717) is 6.10 Å². The maximum Gasteiger partial charge on any atom is 0.0781 e. The van der Waals surface area contributed by atoms with Crippen molar-refractivity contribution >= 4 is 0 Å². The van der Waals surface area contributed by atoms with E-state index in [-0.39, 0.29) is 14.9 Å². The summed E-state index contributed by atoms with van der Waals surface area (Å²) < 4.78 is 4.71. The van der Waals surface area contributed by atoms with E-state index in [9.17, 15) is 0 Å². The molecule has 68 valence electrons. The Kier molecular flexibility index (Phi) is 52.2. The van der Waals surface area contributed by atoms with Crippen LogP contribution in [0.5, 0.6) is 0 Å². The summed E-state index contributed by atoms with van der Waals surface area (Å²) in [6.07, 6.45) is 0.583. The standard InChI is InChI=1S/C3H6O.CH5N.CH4O.2CH4/c1-3-2-4-3;2*1-2;;/h3H,2H2,1H3;2H2,1H3;2H,1H3;2*1H4. The average molecular weight is 153 g/mol. The van der Waals surface area contributed by atoms with Gasteiger partial charge in [0, 0.05) is 7.11 Å². The lowest BCUT2D eigenvalue weighted by Gasteiger charge is -1.50. The van der Waals surface area contributed by atoms with Crippen molar-refractivity contribution in [3.63, 3.8) is 0 Å². The highest BCUT2D eigenvalue weighted by Crippen LogP contribution is 2.04. The second-order valence-corrected chi connectivity index (χ2v) is 1.14. The van der Waals surface area contributed by atoms with Crippen molar-refractivity contribution < 1.29 is 9.84 Å². The molecule has 1 aliphatic heterocycles. The third-order valence-electron chi connectivity index (χ3n) is 0.500. The first-order valence-corrected chi connectivity index (χ1v) is 2.53. The first-order valence-electron chi connectivity index (χ1n) is 2.53. The van der Waals surface area contributed by atoms with E-state index in [1.807, 2.05) is 0 Å². The van der Waals surface area contributed by atoms with Crippen LogP contribution < -0.4 is 5.73 Å². The zero-order chi connectivity index (χ0) is 6.99. The zero-order valence-electron chi connectivity index (χ0n) is 5.72. The van der Waals surface area contributed by atoms with Crippen LogP contribution in [-0.2, 0) is 4.74 Å². The van der Waals surface area contributed by atoms with Gasteiger partial charge < -0.3 is 15.6 Å². The first kappa shape index (κ1) is 22.5.